The number of hydrogen-bond acceptors (Lipinski definition) is 2. The Hall–Kier alpha value is -0.0500. The first-order valence-corrected chi connectivity index (χ1v) is 7.21. The average molecular weight is 201 g/mol. The Balaban J connectivity index is 1.94. The van der Waals surface area contributed by atoms with E-state index in [0.29, 0.717) is 0 Å². The van der Waals surface area contributed by atoms with Crippen molar-refractivity contribution < 1.29 is 4.21 Å². The summed E-state index contributed by atoms with van der Waals surface area (Å²) >= 11 is 0. The van der Waals surface area contributed by atoms with Crippen molar-refractivity contribution in [2.24, 2.45) is 16.2 Å². The minimum absolute atomic E-state index is 0.769. The van der Waals surface area contributed by atoms with E-state index in [9.17, 15) is 4.21 Å². The van der Waals surface area contributed by atoms with Gasteiger partial charge in [0.2, 0.25) is 0 Å². The van der Waals surface area contributed by atoms with Gasteiger partial charge in [-0.3, -0.25) is 0 Å². The molecule has 1 heterocycles. The quantitative estimate of drug-likeness (QED) is 0.674. The van der Waals surface area contributed by atoms with Crippen LogP contribution in [0.25, 0.3) is 0 Å². The lowest BCUT2D eigenvalue weighted by atomic mass is 10.1. The van der Waals surface area contributed by atoms with Crippen molar-refractivity contribution in [1.82, 2.24) is 0 Å². The molecule has 1 aliphatic carbocycles. The maximum absolute atomic E-state index is 12.1. The lowest BCUT2D eigenvalue weighted by Crippen LogP contribution is -2.22. The molecule has 2 aliphatic rings. The predicted octanol–water partition coefficient (Wildman–Crippen LogP) is 2.29. The molecule has 13 heavy (non-hydrogen) atoms. The first kappa shape index (κ1) is 9.50. The molecule has 0 amide bonds. The van der Waals surface area contributed by atoms with E-state index in [1.165, 1.54) is 12.8 Å². The van der Waals surface area contributed by atoms with Gasteiger partial charge in [0.15, 0.2) is 0 Å². The monoisotopic (exact) mass is 201 g/mol. The summed E-state index contributed by atoms with van der Waals surface area (Å²) in [6.45, 7) is 3.13. The number of hydrogen-bond donors (Lipinski definition) is 0. The first-order valence-electron chi connectivity index (χ1n) is 5.36. The zero-order valence-electron chi connectivity index (χ0n) is 8.37. The van der Waals surface area contributed by atoms with Crippen LogP contribution in [0, 0.1) is 11.8 Å². The lowest BCUT2D eigenvalue weighted by Gasteiger charge is -2.21. The summed E-state index contributed by atoms with van der Waals surface area (Å²) in [6.07, 6.45) is 4.87. The summed E-state index contributed by atoms with van der Waals surface area (Å²) in [6, 6.07) is 0. The van der Waals surface area contributed by atoms with Gasteiger partial charge in [0, 0.05) is 21.2 Å². The van der Waals surface area contributed by atoms with Crippen LogP contribution in [0.4, 0.5) is 0 Å². The van der Waals surface area contributed by atoms with Crippen molar-refractivity contribution in [2.45, 2.75) is 32.6 Å². The second-order valence-electron chi connectivity index (χ2n) is 4.62. The molecule has 0 aromatic rings. The maximum Gasteiger partial charge on any atom is 0.0512 e. The third-order valence-corrected chi connectivity index (χ3v) is 5.49. The second kappa shape index (κ2) is 3.60. The van der Waals surface area contributed by atoms with E-state index >= 15 is 0 Å². The number of rotatable bonds is 2. The normalized spacial score (nSPS) is 40.2. The summed E-state index contributed by atoms with van der Waals surface area (Å²) in [7, 11) is -1.75. The third kappa shape index (κ3) is 2.70. The van der Waals surface area contributed by atoms with Crippen molar-refractivity contribution in [3.63, 3.8) is 0 Å². The van der Waals surface area contributed by atoms with Gasteiger partial charge in [-0.1, -0.05) is 6.92 Å². The van der Waals surface area contributed by atoms with Crippen molar-refractivity contribution in [2.75, 3.05) is 18.1 Å². The highest BCUT2D eigenvalue weighted by molar-refractivity contribution is 7.93. The summed E-state index contributed by atoms with van der Waals surface area (Å²) < 4.78 is 16.6. The van der Waals surface area contributed by atoms with Crippen molar-refractivity contribution in [1.29, 1.82) is 0 Å². The Morgan fingerprint density at radius 2 is 1.85 bits per heavy atom. The van der Waals surface area contributed by atoms with E-state index in [1.807, 2.05) is 0 Å². The van der Waals surface area contributed by atoms with Gasteiger partial charge in [0.25, 0.3) is 0 Å². The molecule has 0 aromatic heterocycles. The highest BCUT2D eigenvalue weighted by Gasteiger charge is 2.23. The van der Waals surface area contributed by atoms with Gasteiger partial charge in [-0.25, -0.2) is 8.57 Å². The van der Waals surface area contributed by atoms with Crippen molar-refractivity contribution in [3.05, 3.63) is 0 Å². The molecule has 0 N–H and O–H groups in total. The minimum atomic E-state index is -1.75. The van der Waals surface area contributed by atoms with Crippen LogP contribution in [0.2, 0.25) is 0 Å². The minimum Gasteiger partial charge on any atom is -0.250 e. The van der Waals surface area contributed by atoms with Crippen LogP contribution in [-0.4, -0.2) is 22.3 Å². The molecule has 3 heteroatoms. The molecule has 76 valence electrons. The molecule has 0 atom stereocenters. The Kier molecular flexibility index (Phi) is 2.63. The summed E-state index contributed by atoms with van der Waals surface area (Å²) in [5, 5.41) is 0. The molecule has 2 fully saturated rings. The van der Waals surface area contributed by atoms with Gasteiger partial charge < -0.3 is 0 Å². The molecule has 0 bridgehead atoms. The largest absolute Gasteiger partial charge is 0.250 e. The van der Waals surface area contributed by atoms with E-state index < -0.39 is 9.73 Å². The fourth-order valence-electron chi connectivity index (χ4n) is 1.69. The Labute approximate surface area is 81.3 Å². The van der Waals surface area contributed by atoms with E-state index in [-0.39, 0.29) is 0 Å². The van der Waals surface area contributed by atoms with Crippen LogP contribution >= 0.6 is 0 Å². The summed E-state index contributed by atoms with van der Waals surface area (Å²) in [5.41, 5.74) is 0. The maximum atomic E-state index is 12.1. The zero-order chi connectivity index (χ0) is 9.31. The molecule has 2 nitrogen and oxygen atoms in total. The Bertz CT molecular complexity index is 273. The predicted molar refractivity (Wildman–Crippen MR) is 56.3 cm³/mol. The Morgan fingerprint density at radius 3 is 2.38 bits per heavy atom. The smallest absolute Gasteiger partial charge is 0.0512 e. The van der Waals surface area contributed by atoms with Gasteiger partial charge in [0.1, 0.15) is 0 Å². The molecule has 0 unspecified atom stereocenters. The van der Waals surface area contributed by atoms with E-state index in [4.69, 9.17) is 0 Å². The third-order valence-electron chi connectivity index (χ3n) is 3.12. The SMILES string of the molecule is CC1CCS(=O)(=NCC2CC2)CC1. The van der Waals surface area contributed by atoms with Crippen LogP contribution in [0.5, 0.6) is 0 Å². The van der Waals surface area contributed by atoms with Gasteiger partial charge in [-0.15, -0.1) is 0 Å². The zero-order valence-corrected chi connectivity index (χ0v) is 9.18. The van der Waals surface area contributed by atoms with Gasteiger partial charge in [-0.05, 0) is 37.5 Å². The fraction of sp³-hybridized carbons (Fsp3) is 1.00. The van der Waals surface area contributed by atoms with Crippen molar-refractivity contribution in [3.8, 4) is 0 Å². The topological polar surface area (TPSA) is 29.4 Å². The van der Waals surface area contributed by atoms with E-state index in [2.05, 4.69) is 11.3 Å². The molecule has 1 aliphatic heterocycles. The standard InChI is InChI=1S/C10H19NOS/c1-9-4-6-13(12,7-5-9)11-8-10-2-3-10/h9-10H,2-8H2,1H3. The highest BCUT2D eigenvalue weighted by atomic mass is 32.2. The van der Waals surface area contributed by atoms with Crippen LogP contribution in [0.15, 0.2) is 4.36 Å². The lowest BCUT2D eigenvalue weighted by molar-refractivity contribution is 0.522. The van der Waals surface area contributed by atoms with E-state index in [1.54, 1.807) is 0 Å². The number of nitrogens with zero attached hydrogens (tertiary/aromatic N) is 1. The molecule has 0 aromatic carbocycles. The van der Waals surface area contributed by atoms with Gasteiger partial charge in [0.05, 0.1) is 6.54 Å². The van der Waals surface area contributed by atoms with E-state index in [0.717, 1.165) is 42.7 Å². The van der Waals surface area contributed by atoms with Crippen LogP contribution < -0.4 is 0 Å². The molecular formula is C10H19NOS. The van der Waals surface area contributed by atoms with Crippen LogP contribution in [-0.2, 0) is 9.73 Å². The molecule has 2 rings (SSSR count). The first-order chi connectivity index (χ1) is 6.18. The summed E-state index contributed by atoms with van der Waals surface area (Å²) in [5.74, 6) is 3.28. The summed E-state index contributed by atoms with van der Waals surface area (Å²) in [4.78, 5) is 0. The molecule has 1 saturated heterocycles. The molecule has 0 radical (unpaired) electrons. The fourth-order valence-corrected chi connectivity index (χ4v) is 4.17. The Morgan fingerprint density at radius 1 is 1.23 bits per heavy atom. The van der Waals surface area contributed by atoms with Gasteiger partial charge >= 0.3 is 0 Å². The highest BCUT2D eigenvalue weighted by Crippen LogP contribution is 2.30. The van der Waals surface area contributed by atoms with Crippen LogP contribution in [0.3, 0.4) is 0 Å². The molecule has 0 spiro atoms. The molecular weight excluding hydrogens is 182 g/mol. The van der Waals surface area contributed by atoms with Gasteiger partial charge in [-0.2, -0.15) is 0 Å². The van der Waals surface area contributed by atoms with Crippen LogP contribution in [0.1, 0.15) is 32.6 Å². The van der Waals surface area contributed by atoms with Crippen molar-refractivity contribution >= 4 is 9.73 Å². The molecule has 1 saturated carbocycles. The second-order valence-corrected chi connectivity index (χ2v) is 7.24. The average Bonchev–Trinajstić information content (AvgIpc) is 2.91.